The summed E-state index contributed by atoms with van der Waals surface area (Å²) in [4.78, 5) is 25.1. The van der Waals surface area contributed by atoms with Gasteiger partial charge in [-0.3, -0.25) is 9.59 Å². The van der Waals surface area contributed by atoms with Gasteiger partial charge in [0.1, 0.15) is 0 Å². The molecule has 6 heteroatoms. The molecule has 1 amide bonds. The highest BCUT2D eigenvalue weighted by molar-refractivity contribution is 7.99. The van der Waals surface area contributed by atoms with Gasteiger partial charge in [0.25, 0.3) is 0 Å². The number of carboxylic acid groups (broad SMARTS) is 1. The fourth-order valence-electron chi connectivity index (χ4n) is 1.80. The third-order valence-electron chi connectivity index (χ3n) is 2.64. The van der Waals surface area contributed by atoms with Gasteiger partial charge >= 0.3 is 5.97 Å². The predicted octanol–water partition coefficient (Wildman–Crippen LogP) is 2.64. The van der Waals surface area contributed by atoms with E-state index in [0.717, 1.165) is 16.3 Å². The number of thioether (sulfide) groups is 1. The maximum atomic E-state index is 12.0. The van der Waals surface area contributed by atoms with Crippen LogP contribution in [0.5, 0.6) is 0 Å². The van der Waals surface area contributed by atoms with Crippen LogP contribution in [0.1, 0.15) is 12.8 Å². The van der Waals surface area contributed by atoms with E-state index in [4.69, 9.17) is 16.7 Å². The minimum atomic E-state index is -0.953. The Balaban J connectivity index is 2.17. The van der Waals surface area contributed by atoms with Crippen LogP contribution in [0, 0.1) is 0 Å². The lowest BCUT2D eigenvalue weighted by atomic mass is 10.2. The first-order chi connectivity index (χ1) is 8.58. The molecule has 1 heterocycles. The predicted molar refractivity (Wildman–Crippen MR) is 71.4 cm³/mol. The van der Waals surface area contributed by atoms with E-state index in [1.54, 1.807) is 22.7 Å². The Morgan fingerprint density at radius 1 is 1.39 bits per heavy atom. The van der Waals surface area contributed by atoms with Crippen LogP contribution < -0.4 is 4.90 Å². The molecule has 0 bridgehead atoms. The number of fused-ring (bicyclic) bond motifs is 1. The summed E-state index contributed by atoms with van der Waals surface area (Å²) in [6.45, 7) is 0.609. The van der Waals surface area contributed by atoms with Crippen molar-refractivity contribution >= 4 is 40.9 Å². The van der Waals surface area contributed by atoms with Crippen LogP contribution in [0.3, 0.4) is 0 Å². The van der Waals surface area contributed by atoms with Gasteiger partial charge < -0.3 is 10.0 Å². The lowest BCUT2D eigenvalue weighted by Crippen LogP contribution is -2.35. The van der Waals surface area contributed by atoms with E-state index in [-0.39, 0.29) is 18.7 Å². The Labute approximate surface area is 114 Å². The van der Waals surface area contributed by atoms with E-state index < -0.39 is 5.97 Å². The first-order valence-electron chi connectivity index (χ1n) is 5.52. The minimum absolute atomic E-state index is 0.0298. The Bertz CT molecular complexity index is 492. The van der Waals surface area contributed by atoms with Crippen LogP contribution in [0.25, 0.3) is 0 Å². The number of aliphatic carboxylic acids is 1. The van der Waals surface area contributed by atoms with Crippen molar-refractivity contribution < 1.29 is 14.7 Å². The van der Waals surface area contributed by atoms with Crippen molar-refractivity contribution in [1.29, 1.82) is 0 Å². The highest BCUT2D eigenvalue weighted by Gasteiger charge is 2.23. The number of hydrogen-bond donors (Lipinski definition) is 1. The Hall–Kier alpha value is -1.20. The first kappa shape index (κ1) is 13.2. The van der Waals surface area contributed by atoms with E-state index in [2.05, 4.69) is 0 Å². The van der Waals surface area contributed by atoms with E-state index in [0.29, 0.717) is 11.6 Å². The standard InChI is InChI=1S/C12H12ClNO3S/c13-8-1-2-9-10(7-8)18-6-5-14(9)11(15)3-4-12(16)17/h1-2,7H,3-6H2,(H,16,17). The van der Waals surface area contributed by atoms with Crippen LogP contribution in [-0.2, 0) is 9.59 Å². The van der Waals surface area contributed by atoms with Gasteiger partial charge in [-0.1, -0.05) is 11.6 Å². The highest BCUT2D eigenvalue weighted by Crippen LogP contribution is 2.36. The van der Waals surface area contributed by atoms with Crippen LogP contribution in [0.15, 0.2) is 23.1 Å². The van der Waals surface area contributed by atoms with Gasteiger partial charge in [0.15, 0.2) is 0 Å². The molecule has 0 atom stereocenters. The van der Waals surface area contributed by atoms with Crippen molar-refractivity contribution in [3.05, 3.63) is 23.2 Å². The summed E-state index contributed by atoms with van der Waals surface area (Å²) in [5, 5.41) is 9.24. The van der Waals surface area contributed by atoms with Crippen molar-refractivity contribution in [3.63, 3.8) is 0 Å². The first-order valence-corrected chi connectivity index (χ1v) is 6.89. The van der Waals surface area contributed by atoms with Crippen LogP contribution >= 0.6 is 23.4 Å². The van der Waals surface area contributed by atoms with Gasteiger partial charge in [0, 0.05) is 28.6 Å². The molecule has 0 saturated heterocycles. The molecule has 0 unspecified atom stereocenters. The van der Waals surface area contributed by atoms with Crippen LogP contribution in [0.4, 0.5) is 5.69 Å². The molecule has 0 aliphatic carbocycles. The van der Waals surface area contributed by atoms with Gasteiger partial charge in [0.2, 0.25) is 5.91 Å². The fourth-order valence-corrected chi connectivity index (χ4v) is 3.07. The number of nitrogens with zero attached hydrogens (tertiary/aromatic N) is 1. The van der Waals surface area contributed by atoms with Crippen molar-refractivity contribution in [1.82, 2.24) is 0 Å². The maximum Gasteiger partial charge on any atom is 0.303 e. The smallest absolute Gasteiger partial charge is 0.303 e. The molecule has 0 saturated carbocycles. The Kier molecular flexibility index (Phi) is 4.14. The van der Waals surface area contributed by atoms with E-state index in [1.807, 2.05) is 12.1 Å². The molecule has 1 aromatic carbocycles. The SMILES string of the molecule is O=C(O)CCC(=O)N1CCSc2cc(Cl)ccc21. The molecule has 0 spiro atoms. The maximum absolute atomic E-state index is 12.0. The minimum Gasteiger partial charge on any atom is -0.481 e. The van der Waals surface area contributed by atoms with E-state index >= 15 is 0 Å². The van der Waals surface area contributed by atoms with Crippen molar-refractivity contribution in [2.24, 2.45) is 0 Å². The average molecular weight is 286 g/mol. The molecule has 18 heavy (non-hydrogen) atoms. The molecular weight excluding hydrogens is 274 g/mol. The number of carboxylic acids is 1. The number of anilines is 1. The Morgan fingerprint density at radius 2 is 2.17 bits per heavy atom. The van der Waals surface area contributed by atoms with Gasteiger partial charge in [-0.25, -0.2) is 0 Å². The quantitative estimate of drug-likeness (QED) is 0.927. The zero-order valence-electron chi connectivity index (χ0n) is 9.56. The lowest BCUT2D eigenvalue weighted by Gasteiger charge is -2.29. The summed E-state index contributed by atoms with van der Waals surface area (Å²) in [7, 11) is 0. The second-order valence-electron chi connectivity index (χ2n) is 3.90. The number of halogens is 1. The van der Waals surface area contributed by atoms with Crippen LogP contribution in [-0.4, -0.2) is 29.3 Å². The molecule has 1 aliphatic heterocycles. The molecule has 0 radical (unpaired) electrons. The average Bonchev–Trinajstić information content (AvgIpc) is 2.34. The molecular formula is C12H12ClNO3S. The normalized spacial score (nSPS) is 14.2. The number of carbonyl (C=O) groups is 2. The number of benzene rings is 1. The zero-order chi connectivity index (χ0) is 13.1. The van der Waals surface area contributed by atoms with Crippen molar-refractivity contribution in [2.45, 2.75) is 17.7 Å². The summed E-state index contributed by atoms with van der Waals surface area (Å²) >= 11 is 7.57. The van der Waals surface area contributed by atoms with Gasteiger partial charge in [-0.05, 0) is 18.2 Å². The second-order valence-corrected chi connectivity index (χ2v) is 5.47. The number of hydrogen-bond acceptors (Lipinski definition) is 3. The molecule has 4 nitrogen and oxygen atoms in total. The van der Waals surface area contributed by atoms with Crippen molar-refractivity contribution in [3.8, 4) is 0 Å². The molecule has 0 aromatic heterocycles. The summed E-state index contributed by atoms with van der Waals surface area (Å²) in [6, 6.07) is 5.38. The lowest BCUT2D eigenvalue weighted by molar-refractivity contribution is -0.138. The summed E-state index contributed by atoms with van der Waals surface area (Å²) in [5.41, 5.74) is 0.825. The molecule has 1 aliphatic rings. The monoisotopic (exact) mass is 285 g/mol. The number of carbonyl (C=O) groups excluding carboxylic acids is 1. The van der Waals surface area contributed by atoms with E-state index in [9.17, 15) is 9.59 Å². The molecule has 96 valence electrons. The summed E-state index contributed by atoms with van der Waals surface area (Å²) in [5.74, 6) is -0.307. The third kappa shape index (κ3) is 2.97. The molecule has 1 N–H and O–H groups in total. The fraction of sp³-hybridized carbons (Fsp3) is 0.333. The largest absolute Gasteiger partial charge is 0.481 e. The number of amides is 1. The van der Waals surface area contributed by atoms with Crippen LogP contribution in [0.2, 0.25) is 5.02 Å². The number of rotatable bonds is 3. The van der Waals surface area contributed by atoms with Gasteiger partial charge in [-0.2, -0.15) is 0 Å². The second kappa shape index (κ2) is 5.63. The third-order valence-corrected chi connectivity index (χ3v) is 3.90. The summed E-state index contributed by atoms with van der Waals surface area (Å²) in [6.07, 6.45) is -0.104. The highest BCUT2D eigenvalue weighted by atomic mass is 35.5. The zero-order valence-corrected chi connectivity index (χ0v) is 11.1. The molecule has 0 fully saturated rings. The van der Waals surface area contributed by atoms with E-state index in [1.165, 1.54) is 0 Å². The topological polar surface area (TPSA) is 57.6 Å². The van der Waals surface area contributed by atoms with Gasteiger partial charge in [0.05, 0.1) is 12.1 Å². The Morgan fingerprint density at radius 3 is 2.89 bits per heavy atom. The summed E-state index contributed by atoms with van der Waals surface area (Å²) < 4.78 is 0. The molecule has 1 aromatic rings. The van der Waals surface area contributed by atoms with Gasteiger partial charge in [-0.15, -0.1) is 11.8 Å². The molecule has 2 rings (SSSR count). The van der Waals surface area contributed by atoms with Crippen molar-refractivity contribution in [2.75, 3.05) is 17.2 Å².